The van der Waals surface area contributed by atoms with Crippen molar-refractivity contribution < 1.29 is 13.2 Å². The normalized spacial score (nSPS) is 12.1. The summed E-state index contributed by atoms with van der Waals surface area (Å²) >= 11 is 5.79. The van der Waals surface area contributed by atoms with E-state index in [9.17, 15) is 13.2 Å². The number of rotatable bonds is 1. The Balaban J connectivity index is 2.84. The fourth-order valence-corrected chi connectivity index (χ4v) is 1.70. The Labute approximate surface area is 100 Å². The highest BCUT2D eigenvalue weighted by molar-refractivity contribution is 6.34. The van der Waals surface area contributed by atoms with Crippen LogP contribution in [0.2, 0.25) is 5.15 Å². The summed E-state index contributed by atoms with van der Waals surface area (Å²) in [6.45, 7) is 2.12. The molecule has 1 aromatic heterocycles. The molecule has 6 heteroatoms. The quantitative estimate of drug-likeness (QED) is 0.728. The Morgan fingerprint density at radius 1 is 1.24 bits per heavy atom. The molecule has 0 atom stereocenters. The number of nitrogens with zero attached hydrogens (tertiary/aromatic N) is 2. The molecule has 0 bridgehead atoms. The summed E-state index contributed by atoms with van der Waals surface area (Å²) in [5, 5.41) is 0.258. The van der Waals surface area contributed by atoms with Crippen molar-refractivity contribution in [1.29, 1.82) is 0 Å². The zero-order valence-corrected chi connectivity index (χ0v) is 9.82. The van der Waals surface area contributed by atoms with Crippen LogP contribution in [0.25, 0.3) is 10.9 Å². The van der Waals surface area contributed by atoms with Gasteiger partial charge < -0.3 is 0 Å². The Morgan fingerprint density at radius 2 is 1.88 bits per heavy atom. The van der Waals surface area contributed by atoms with E-state index in [4.69, 9.17) is 11.6 Å². The van der Waals surface area contributed by atoms with Crippen molar-refractivity contribution in [3.8, 4) is 0 Å². The van der Waals surface area contributed by atoms with Gasteiger partial charge >= 0.3 is 5.92 Å². The van der Waals surface area contributed by atoms with Crippen LogP contribution in [0.15, 0.2) is 12.1 Å². The number of aromatic nitrogens is 2. The van der Waals surface area contributed by atoms with Gasteiger partial charge in [-0.15, -0.1) is 0 Å². The Hall–Kier alpha value is -1.36. The molecule has 2 rings (SSSR count). The van der Waals surface area contributed by atoms with Crippen molar-refractivity contribution in [1.82, 2.24) is 9.97 Å². The summed E-state index contributed by atoms with van der Waals surface area (Å²) in [4.78, 5) is 7.21. The van der Waals surface area contributed by atoms with Gasteiger partial charge in [-0.2, -0.15) is 8.78 Å². The number of alkyl halides is 2. The van der Waals surface area contributed by atoms with Crippen LogP contribution in [0.3, 0.4) is 0 Å². The second-order valence-corrected chi connectivity index (χ2v) is 4.15. The van der Waals surface area contributed by atoms with Gasteiger partial charge in [-0.1, -0.05) is 11.6 Å². The van der Waals surface area contributed by atoms with Gasteiger partial charge in [-0.3, -0.25) is 0 Å². The minimum Gasteiger partial charge on any atom is -0.226 e. The molecule has 0 unspecified atom stereocenters. The largest absolute Gasteiger partial charge is 0.303 e. The summed E-state index contributed by atoms with van der Waals surface area (Å²) in [5.74, 6) is -4.43. The van der Waals surface area contributed by atoms with Gasteiger partial charge in [0.25, 0.3) is 0 Å². The highest BCUT2D eigenvalue weighted by Crippen LogP contribution is 2.30. The van der Waals surface area contributed by atoms with Gasteiger partial charge in [0.15, 0.2) is 0 Å². The maximum absolute atomic E-state index is 13.3. The third-order valence-electron chi connectivity index (χ3n) is 2.40. The van der Waals surface area contributed by atoms with E-state index in [-0.39, 0.29) is 16.2 Å². The van der Waals surface area contributed by atoms with Gasteiger partial charge in [-0.25, -0.2) is 14.4 Å². The van der Waals surface area contributed by atoms with Gasteiger partial charge in [0.1, 0.15) is 11.0 Å². The smallest absolute Gasteiger partial charge is 0.226 e. The second-order valence-electron chi connectivity index (χ2n) is 3.79. The van der Waals surface area contributed by atoms with Crippen molar-refractivity contribution in [3.63, 3.8) is 0 Å². The third-order valence-corrected chi connectivity index (χ3v) is 2.69. The maximum atomic E-state index is 13.3. The number of hydrogen-bond donors (Lipinski definition) is 0. The molecule has 0 aliphatic rings. The average molecular weight is 261 g/mol. The lowest BCUT2D eigenvalue weighted by Gasteiger charge is -2.11. The van der Waals surface area contributed by atoms with Gasteiger partial charge in [0.05, 0.1) is 5.52 Å². The average Bonchev–Trinajstić information content (AvgIpc) is 2.22. The highest BCUT2D eigenvalue weighted by Gasteiger charge is 2.29. The first-order chi connectivity index (χ1) is 7.80. The van der Waals surface area contributed by atoms with E-state index in [0.29, 0.717) is 12.3 Å². The summed E-state index contributed by atoms with van der Waals surface area (Å²) in [6.07, 6.45) is 0. The fraction of sp³-hybridized carbons (Fsp3) is 0.273. The van der Waals surface area contributed by atoms with Crippen LogP contribution in [-0.2, 0) is 5.92 Å². The van der Waals surface area contributed by atoms with Crippen molar-refractivity contribution >= 4 is 22.5 Å². The van der Waals surface area contributed by atoms with Gasteiger partial charge in [-0.05, 0) is 19.1 Å². The number of fused-ring (bicyclic) bond motifs is 1. The molecule has 0 fully saturated rings. The SMILES string of the molecule is Cc1c(F)ccc2c(Cl)nc(C(C)(F)F)nc12. The minimum atomic E-state index is -3.21. The lowest BCUT2D eigenvalue weighted by atomic mass is 10.1. The van der Waals surface area contributed by atoms with Crippen LogP contribution in [0, 0.1) is 12.7 Å². The van der Waals surface area contributed by atoms with E-state index >= 15 is 0 Å². The molecular formula is C11H8ClF3N2. The van der Waals surface area contributed by atoms with Crippen LogP contribution in [-0.4, -0.2) is 9.97 Å². The molecule has 17 heavy (non-hydrogen) atoms. The molecule has 90 valence electrons. The predicted molar refractivity (Wildman–Crippen MR) is 58.8 cm³/mol. The number of halogens is 4. The van der Waals surface area contributed by atoms with Crippen LogP contribution in [0.4, 0.5) is 13.2 Å². The van der Waals surface area contributed by atoms with Crippen LogP contribution >= 0.6 is 11.6 Å². The molecule has 2 nitrogen and oxygen atoms in total. The van der Waals surface area contributed by atoms with Crippen molar-refractivity contribution in [2.75, 3.05) is 0 Å². The first-order valence-corrected chi connectivity index (χ1v) is 5.19. The molecule has 0 N–H and O–H groups in total. The Morgan fingerprint density at radius 3 is 2.47 bits per heavy atom. The zero-order valence-electron chi connectivity index (χ0n) is 9.06. The Kier molecular flexibility index (Phi) is 2.73. The van der Waals surface area contributed by atoms with Crippen molar-refractivity contribution in [2.24, 2.45) is 0 Å². The molecule has 0 aliphatic heterocycles. The minimum absolute atomic E-state index is 0.102. The molecule has 0 spiro atoms. The van der Waals surface area contributed by atoms with Crippen molar-refractivity contribution in [2.45, 2.75) is 19.8 Å². The van der Waals surface area contributed by atoms with E-state index < -0.39 is 17.6 Å². The van der Waals surface area contributed by atoms with Crippen LogP contribution in [0.5, 0.6) is 0 Å². The van der Waals surface area contributed by atoms with Crippen molar-refractivity contribution in [3.05, 3.63) is 34.5 Å². The molecule has 1 heterocycles. The molecule has 0 amide bonds. The Bertz CT molecular complexity index is 593. The maximum Gasteiger partial charge on any atom is 0.303 e. The lowest BCUT2D eigenvalue weighted by Crippen LogP contribution is -2.13. The summed E-state index contributed by atoms with van der Waals surface area (Å²) < 4.78 is 39.6. The van der Waals surface area contributed by atoms with E-state index in [0.717, 1.165) is 0 Å². The monoisotopic (exact) mass is 260 g/mol. The van der Waals surface area contributed by atoms with E-state index in [2.05, 4.69) is 9.97 Å². The summed E-state index contributed by atoms with van der Waals surface area (Å²) in [7, 11) is 0. The highest BCUT2D eigenvalue weighted by atomic mass is 35.5. The first kappa shape index (κ1) is 12.1. The predicted octanol–water partition coefficient (Wildman–Crippen LogP) is 3.84. The molecule has 0 saturated carbocycles. The first-order valence-electron chi connectivity index (χ1n) is 4.81. The summed E-state index contributed by atoms with van der Waals surface area (Å²) in [5.41, 5.74) is 0.291. The summed E-state index contributed by atoms with van der Waals surface area (Å²) in [6, 6.07) is 2.58. The topological polar surface area (TPSA) is 25.8 Å². The van der Waals surface area contributed by atoms with E-state index in [1.807, 2.05) is 0 Å². The molecule has 0 aliphatic carbocycles. The second kappa shape index (κ2) is 3.84. The van der Waals surface area contributed by atoms with Gasteiger partial charge in [0, 0.05) is 17.9 Å². The molecule has 0 radical (unpaired) electrons. The number of aryl methyl sites for hydroxylation is 1. The third kappa shape index (κ3) is 2.07. The van der Waals surface area contributed by atoms with Gasteiger partial charge in [0.2, 0.25) is 5.82 Å². The van der Waals surface area contributed by atoms with E-state index in [1.165, 1.54) is 19.1 Å². The molecule has 0 saturated heterocycles. The van der Waals surface area contributed by atoms with E-state index in [1.54, 1.807) is 0 Å². The molecular weight excluding hydrogens is 253 g/mol. The van der Waals surface area contributed by atoms with Crippen LogP contribution in [0.1, 0.15) is 18.3 Å². The number of hydrogen-bond acceptors (Lipinski definition) is 2. The van der Waals surface area contributed by atoms with Crippen LogP contribution < -0.4 is 0 Å². The molecule has 1 aromatic carbocycles. The number of benzene rings is 1. The molecule has 2 aromatic rings. The fourth-order valence-electron chi connectivity index (χ4n) is 1.47. The standard InChI is InChI=1S/C11H8ClF3N2/c1-5-7(13)4-3-6-8(5)16-10(11(2,14)15)17-9(6)12/h3-4H,1-2H3. The lowest BCUT2D eigenvalue weighted by molar-refractivity contribution is 0.00807. The zero-order chi connectivity index (χ0) is 12.8.